The summed E-state index contributed by atoms with van der Waals surface area (Å²) in [7, 11) is 3.20. The molecule has 210 valence electrons. The monoisotopic (exact) mass is 546 g/mol. The highest BCUT2D eigenvalue weighted by molar-refractivity contribution is 6.04. The molecule has 10 nitrogen and oxygen atoms in total. The Kier molecular flexibility index (Phi) is 7.53. The number of aliphatic imine (C=N–C) groups is 2. The Morgan fingerprint density at radius 2 is 1.18 bits per heavy atom. The van der Waals surface area contributed by atoms with E-state index in [2.05, 4.69) is 9.98 Å². The molecule has 2 aromatic rings. The molecule has 0 N–H and O–H groups in total. The van der Waals surface area contributed by atoms with Gasteiger partial charge in [-0.15, -0.1) is 0 Å². The van der Waals surface area contributed by atoms with Crippen LogP contribution in [0.5, 0.6) is 11.5 Å². The van der Waals surface area contributed by atoms with Crippen LogP contribution in [0.2, 0.25) is 0 Å². The lowest BCUT2D eigenvalue weighted by atomic mass is 10.1. The highest BCUT2D eigenvalue weighted by Crippen LogP contribution is 2.34. The Bertz CT molecular complexity index is 1240. The summed E-state index contributed by atoms with van der Waals surface area (Å²) < 4.78 is 23.0. The summed E-state index contributed by atoms with van der Waals surface area (Å²) in [5, 5.41) is 0. The highest BCUT2D eigenvalue weighted by Gasteiger charge is 2.40. The lowest BCUT2D eigenvalue weighted by molar-refractivity contribution is 0.0233. The van der Waals surface area contributed by atoms with Crippen molar-refractivity contribution in [3.63, 3.8) is 0 Å². The van der Waals surface area contributed by atoms with E-state index in [1.165, 1.54) is 0 Å². The summed E-state index contributed by atoms with van der Waals surface area (Å²) in [6.45, 7) is 2.45. The van der Waals surface area contributed by atoms with Crippen molar-refractivity contribution in [3.8, 4) is 11.5 Å². The second-order valence-corrected chi connectivity index (χ2v) is 10.4. The summed E-state index contributed by atoms with van der Waals surface area (Å²) in [6, 6.07) is 10.4. The van der Waals surface area contributed by atoms with Crippen molar-refractivity contribution in [1.82, 2.24) is 9.80 Å². The first-order chi connectivity index (χ1) is 19.6. The van der Waals surface area contributed by atoms with Crippen LogP contribution in [0.4, 0.5) is 11.4 Å². The maximum atomic E-state index is 13.1. The number of carbonyl (C=O) groups is 2. The summed E-state index contributed by atoms with van der Waals surface area (Å²) in [5.41, 5.74) is 2.44. The molecule has 0 aliphatic carbocycles. The van der Waals surface area contributed by atoms with Gasteiger partial charge in [0.2, 0.25) is 0 Å². The summed E-state index contributed by atoms with van der Waals surface area (Å²) in [4.78, 5) is 39.2. The Balaban J connectivity index is 0.974. The number of ether oxygens (including phenoxy) is 4. The van der Waals surface area contributed by atoms with E-state index in [9.17, 15) is 9.59 Å². The molecule has 4 aliphatic heterocycles. The Morgan fingerprint density at radius 1 is 0.725 bits per heavy atom. The average Bonchev–Trinajstić information content (AvgIpc) is 3.51. The van der Waals surface area contributed by atoms with Crippen LogP contribution in [0, 0.1) is 0 Å². The largest absolute Gasteiger partial charge is 0.497 e. The minimum absolute atomic E-state index is 0.0203. The number of nitrogens with zero attached hydrogens (tertiary/aromatic N) is 4. The molecule has 4 aliphatic rings. The molecule has 6 rings (SSSR count). The molecule has 2 aromatic carbocycles. The molecule has 0 aromatic heterocycles. The van der Waals surface area contributed by atoms with E-state index in [1.54, 1.807) is 50.6 Å². The van der Waals surface area contributed by atoms with Gasteiger partial charge in [0.1, 0.15) is 11.5 Å². The van der Waals surface area contributed by atoms with Crippen molar-refractivity contribution in [2.45, 2.75) is 50.0 Å². The molecule has 4 atom stereocenters. The average molecular weight is 547 g/mol. The van der Waals surface area contributed by atoms with Crippen LogP contribution < -0.4 is 9.47 Å². The van der Waals surface area contributed by atoms with E-state index in [0.717, 1.165) is 25.7 Å². The molecule has 0 spiro atoms. The topological polar surface area (TPSA) is 102 Å². The van der Waals surface area contributed by atoms with Gasteiger partial charge in [-0.25, -0.2) is 0 Å². The molecule has 2 saturated heterocycles. The van der Waals surface area contributed by atoms with Crippen LogP contribution in [0.1, 0.15) is 46.4 Å². The Hall–Kier alpha value is -3.76. The van der Waals surface area contributed by atoms with Crippen molar-refractivity contribution in [3.05, 3.63) is 47.5 Å². The predicted octanol–water partition coefficient (Wildman–Crippen LogP) is 3.82. The third kappa shape index (κ3) is 4.97. The van der Waals surface area contributed by atoms with Gasteiger partial charge in [0, 0.05) is 50.9 Å². The van der Waals surface area contributed by atoms with Crippen molar-refractivity contribution in [1.29, 1.82) is 0 Å². The van der Waals surface area contributed by atoms with Crippen molar-refractivity contribution in [2.24, 2.45) is 9.98 Å². The highest BCUT2D eigenvalue weighted by atomic mass is 16.5. The molecule has 4 heterocycles. The van der Waals surface area contributed by atoms with Crippen LogP contribution in [0.15, 0.2) is 46.4 Å². The Morgan fingerprint density at radius 3 is 1.60 bits per heavy atom. The van der Waals surface area contributed by atoms with E-state index in [0.29, 0.717) is 60.3 Å². The Labute approximate surface area is 233 Å². The first-order valence-electron chi connectivity index (χ1n) is 13.9. The van der Waals surface area contributed by atoms with Crippen molar-refractivity contribution >= 4 is 35.6 Å². The smallest absolute Gasteiger partial charge is 0.256 e. The van der Waals surface area contributed by atoms with Crippen LogP contribution in [0.25, 0.3) is 0 Å². The maximum absolute atomic E-state index is 13.1. The molecule has 2 unspecified atom stereocenters. The van der Waals surface area contributed by atoms with Gasteiger partial charge in [-0.1, -0.05) is 0 Å². The summed E-state index contributed by atoms with van der Waals surface area (Å²) in [6.07, 6.45) is 6.75. The fraction of sp³-hybridized carbons (Fsp3) is 0.467. The van der Waals surface area contributed by atoms with Gasteiger partial charge in [-0.3, -0.25) is 19.6 Å². The normalized spacial score (nSPS) is 24.8. The minimum Gasteiger partial charge on any atom is -0.497 e. The number of hydrogen-bond donors (Lipinski definition) is 0. The van der Waals surface area contributed by atoms with Crippen LogP contribution in [-0.4, -0.2) is 98.9 Å². The van der Waals surface area contributed by atoms with Gasteiger partial charge in [0.25, 0.3) is 11.8 Å². The fourth-order valence-electron chi connectivity index (χ4n) is 5.91. The van der Waals surface area contributed by atoms with Gasteiger partial charge in [0.05, 0.1) is 61.0 Å². The van der Waals surface area contributed by atoms with E-state index < -0.39 is 0 Å². The number of unbranched alkanes of at least 4 members (excludes halogenated alkanes) is 1. The van der Waals surface area contributed by atoms with Gasteiger partial charge in [0.15, 0.2) is 0 Å². The SMILES string of the molecule is COc1ccc2c(c1)N=C[C@@H]1C(OCCCCOC3CCN4C(=O)c5ccc(OC)cc5N=C[C@H]34)CCN1C2=O. The second kappa shape index (κ2) is 11.4. The maximum Gasteiger partial charge on any atom is 0.256 e. The number of fused-ring (bicyclic) bond motifs is 4. The van der Waals surface area contributed by atoms with E-state index in [-0.39, 0.29) is 36.1 Å². The number of methoxy groups -OCH3 is 2. The van der Waals surface area contributed by atoms with Crippen LogP contribution in [-0.2, 0) is 9.47 Å². The molecular weight excluding hydrogens is 512 g/mol. The van der Waals surface area contributed by atoms with Gasteiger partial charge in [-0.05, 0) is 49.9 Å². The molecule has 0 saturated carbocycles. The third-order valence-electron chi connectivity index (χ3n) is 8.12. The third-order valence-corrected chi connectivity index (χ3v) is 8.12. The first kappa shape index (κ1) is 26.5. The minimum atomic E-state index is -0.178. The van der Waals surface area contributed by atoms with Gasteiger partial charge in [-0.2, -0.15) is 0 Å². The second-order valence-electron chi connectivity index (χ2n) is 10.4. The molecular formula is C30H34N4O6. The molecule has 0 bridgehead atoms. The molecule has 10 heteroatoms. The molecule has 0 radical (unpaired) electrons. The van der Waals surface area contributed by atoms with Crippen molar-refractivity contribution < 1.29 is 28.5 Å². The standard InChI is InChI=1S/C30H34N4O6/c1-37-19-5-7-21-23(15-19)31-17-25-27(9-11-33(25)29(21)35)39-13-3-4-14-40-28-10-12-34-26(28)18-32-24-16-20(38-2)6-8-22(24)30(34)36/h5-8,15-18,25-28H,3-4,9-14H2,1-2H3/t25-,26-,27?,28?/m1/s1. The molecule has 2 fully saturated rings. The van der Waals surface area contributed by atoms with E-state index in [1.807, 2.05) is 22.2 Å². The zero-order valence-electron chi connectivity index (χ0n) is 22.8. The molecule has 40 heavy (non-hydrogen) atoms. The summed E-state index contributed by atoms with van der Waals surface area (Å²) in [5.74, 6) is 1.31. The number of rotatable bonds is 9. The lowest BCUT2D eigenvalue weighted by Gasteiger charge is -2.24. The van der Waals surface area contributed by atoms with Crippen LogP contribution >= 0.6 is 0 Å². The van der Waals surface area contributed by atoms with Gasteiger partial charge < -0.3 is 28.7 Å². The number of benzene rings is 2. The molecule has 2 amide bonds. The summed E-state index contributed by atoms with van der Waals surface area (Å²) >= 11 is 0. The lowest BCUT2D eigenvalue weighted by Crippen LogP contribution is -2.41. The number of hydrogen-bond acceptors (Lipinski definition) is 8. The zero-order valence-corrected chi connectivity index (χ0v) is 22.8. The predicted molar refractivity (Wildman–Crippen MR) is 150 cm³/mol. The zero-order chi connectivity index (χ0) is 27.6. The van der Waals surface area contributed by atoms with Crippen molar-refractivity contribution in [2.75, 3.05) is 40.5 Å². The van der Waals surface area contributed by atoms with Crippen LogP contribution in [0.3, 0.4) is 0 Å². The quantitative estimate of drug-likeness (QED) is 0.443. The van der Waals surface area contributed by atoms with E-state index >= 15 is 0 Å². The number of amides is 2. The fourth-order valence-corrected chi connectivity index (χ4v) is 5.91. The van der Waals surface area contributed by atoms with E-state index in [4.69, 9.17) is 18.9 Å². The number of carbonyl (C=O) groups excluding carboxylic acids is 2. The van der Waals surface area contributed by atoms with Gasteiger partial charge >= 0.3 is 0 Å². The first-order valence-corrected chi connectivity index (χ1v) is 13.9.